The largest absolute Gasteiger partial charge is 0.396 e. The number of aromatic nitrogens is 1. The Morgan fingerprint density at radius 3 is 2.61 bits per heavy atom. The Hall–Kier alpha value is -3.00. The zero-order valence-electron chi connectivity index (χ0n) is 17.3. The van der Waals surface area contributed by atoms with Crippen molar-refractivity contribution in [1.29, 1.82) is 0 Å². The predicted molar refractivity (Wildman–Crippen MR) is 110 cm³/mol. The van der Waals surface area contributed by atoms with Gasteiger partial charge in [0.15, 0.2) is 0 Å². The lowest BCUT2D eigenvalue weighted by Crippen LogP contribution is -2.42. The molecule has 1 N–H and O–H groups in total. The minimum atomic E-state index is -0.440. The fourth-order valence-corrected chi connectivity index (χ4v) is 5.09. The van der Waals surface area contributed by atoms with E-state index in [1.54, 1.807) is 16.0 Å². The van der Waals surface area contributed by atoms with Crippen molar-refractivity contribution in [2.45, 2.75) is 26.3 Å². The van der Waals surface area contributed by atoms with Crippen molar-refractivity contribution in [1.82, 2.24) is 14.4 Å². The first-order valence-electron chi connectivity index (χ1n) is 10.5. The Morgan fingerprint density at radius 2 is 1.97 bits per heavy atom. The average Bonchev–Trinajstić information content (AvgIpc) is 3.33. The number of carbonyl (C=O) groups excluding carboxylic acids is 2. The molecule has 8 heteroatoms. The Labute approximate surface area is 178 Å². The molecule has 2 amide bonds. The number of benzene rings is 1. The Balaban J connectivity index is 1.61. The highest BCUT2D eigenvalue weighted by Crippen LogP contribution is 2.57. The molecular formula is C23H24FN3O4. The number of aliphatic hydroxyl groups is 1. The van der Waals surface area contributed by atoms with E-state index in [4.69, 9.17) is 0 Å². The minimum Gasteiger partial charge on any atom is -0.396 e. The van der Waals surface area contributed by atoms with Gasteiger partial charge in [-0.05, 0) is 54.2 Å². The van der Waals surface area contributed by atoms with E-state index in [1.807, 2.05) is 0 Å². The van der Waals surface area contributed by atoms with Crippen LogP contribution in [-0.2, 0) is 17.8 Å². The van der Waals surface area contributed by atoms with Gasteiger partial charge in [0.1, 0.15) is 11.4 Å². The zero-order chi connectivity index (χ0) is 21.9. The molecule has 31 heavy (non-hydrogen) atoms. The highest BCUT2D eigenvalue weighted by molar-refractivity contribution is 5.96. The summed E-state index contributed by atoms with van der Waals surface area (Å²) in [5.74, 6) is -0.524. The fraction of sp³-hybridized carbons (Fsp3) is 0.435. The van der Waals surface area contributed by atoms with E-state index < -0.39 is 11.4 Å². The summed E-state index contributed by atoms with van der Waals surface area (Å²) >= 11 is 0. The molecule has 5 rings (SSSR count). The normalized spacial score (nSPS) is 24.0. The monoisotopic (exact) mass is 425 g/mol. The molecule has 2 fully saturated rings. The molecule has 2 atom stereocenters. The standard InChI is InChI=1S/C23H24FN3O4/c1-14(29)25-7-6-19-15(9-25)10-27(18-4-2-17(24)3-5-18)22(31)20(19)21(30)26-11-16-8-23(16,12-26)13-28/h2-5,10,16,28H,6-9,11-13H2,1H3/t16-,23+/m1/s1. The quantitative estimate of drug-likeness (QED) is 0.805. The molecule has 3 aliphatic rings. The number of carbonyl (C=O) groups is 2. The minimum absolute atomic E-state index is 0.0434. The van der Waals surface area contributed by atoms with Crippen molar-refractivity contribution in [2.75, 3.05) is 26.2 Å². The van der Waals surface area contributed by atoms with Gasteiger partial charge in [0.25, 0.3) is 11.5 Å². The summed E-state index contributed by atoms with van der Waals surface area (Å²) in [5, 5.41) is 9.71. The number of halogens is 1. The maximum atomic E-state index is 13.5. The van der Waals surface area contributed by atoms with E-state index in [-0.39, 0.29) is 35.3 Å². The van der Waals surface area contributed by atoms with Gasteiger partial charge in [0, 0.05) is 50.4 Å². The van der Waals surface area contributed by atoms with Crippen molar-refractivity contribution in [2.24, 2.45) is 11.3 Å². The summed E-state index contributed by atoms with van der Waals surface area (Å²) in [6.07, 6.45) is 3.00. The highest BCUT2D eigenvalue weighted by atomic mass is 19.1. The Kier molecular flexibility index (Phi) is 4.51. The molecule has 3 heterocycles. The van der Waals surface area contributed by atoms with Gasteiger partial charge < -0.3 is 14.9 Å². The number of hydrogen-bond donors (Lipinski definition) is 1. The van der Waals surface area contributed by atoms with E-state index in [0.29, 0.717) is 43.9 Å². The molecule has 162 valence electrons. The number of piperidine rings is 1. The van der Waals surface area contributed by atoms with Crippen LogP contribution >= 0.6 is 0 Å². The molecule has 7 nitrogen and oxygen atoms in total. The third kappa shape index (κ3) is 3.17. The van der Waals surface area contributed by atoms with Gasteiger partial charge in [-0.25, -0.2) is 4.39 Å². The van der Waals surface area contributed by atoms with Gasteiger partial charge in [-0.15, -0.1) is 0 Å². The zero-order valence-corrected chi connectivity index (χ0v) is 17.3. The molecular weight excluding hydrogens is 401 g/mol. The number of pyridine rings is 1. The molecule has 1 saturated heterocycles. The predicted octanol–water partition coefficient (Wildman–Crippen LogP) is 1.34. The summed E-state index contributed by atoms with van der Waals surface area (Å²) in [6, 6.07) is 5.52. The van der Waals surface area contributed by atoms with Crippen molar-refractivity contribution >= 4 is 11.8 Å². The third-order valence-electron chi connectivity index (χ3n) is 7.07. The Morgan fingerprint density at radius 1 is 1.23 bits per heavy atom. The molecule has 0 unspecified atom stereocenters. The summed E-state index contributed by atoms with van der Waals surface area (Å²) < 4.78 is 14.8. The number of fused-ring (bicyclic) bond motifs is 2. The maximum Gasteiger partial charge on any atom is 0.268 e. The summed E-state index contributed by atoms with van der Waals surface area (Å²) in [6.45, 7) is 3.30. The van der Waals surface area contributed by atoms with Crippen LogP contribution in [0.4, 0.5) is 4.39 Å². The van der Waals surface area contributed by atoms with Gasteiger partial charge in [-0.2, -0.15) is 0 Å². The number of nitrogens with zero attached hydrogens (tertiary/aromatic N) is 3. The van der Waals surface area contributed by atoms with E-state index >= 15 is 0 Å². The first-order valence-corrected chi connectivity index (χ1v) is 10.5. The summed E-state index contributed by atoms with van der Waals surface area (Å²) in [4.78, 5) is 42.3. The molecule has 2 aromatic rings. The SMILES string of the molecule is CC(=O)N1CCc2c(cn(-c3ccc(F)cc3)c(=O)c2C(=O)N2C[C@H]3C[C@@]3(CO)C2)C1. The van der Waals surface area contributed by atoms with E-state index in [1.165, 1.54) is 35.8 Å². The van der Waals surface area contributed by atoms with Crippen molar-refractivity contribution in [3.8, 4) is 5.69 Å². The lowest BCUT2D eigenvalue weighted by Gasteiger charge is -2.30. The van der Waals surface area contributed by atoms with Crippen LogP contribution in [0.25, 0.3) is 5.69 Å². The second kappa shape index (κ2) is 7.02. The third-order valence-corrected chi connectivity index (χ3v) is 7.07. The first-order chi connectivity index (χ1) is 14.8. The lowest BCUT2D eigenvalue weighted by molar-refractivity contribution is -0.129. The molecule has 2 aliphatic heterocycles. The second-order valence-electron chi connectivity index (χ2n) is 8.96. The topological polar surface area (TPSA) is 82.9 Å². The van der Waals surface area contributed by atoms with Crippen LogP contribution in [0, 0.1) is 17.2 Å². The van der Waals surface area contributed by atoms with Gasteiger partial charge in [0.2, 0.25) is 5.91 Å². The van der Waals surface area contributed by atoms with E-state index in [0.717, 1.165) is 12.0 Å². The van der Waals surface area contributed by atoms with Crippen molar-refractivity contribution in [3.05, 3.63) is 63.3 Å². The van der Waals surface area contributed by atoms with Gasteiger partial charge in [-0.1, -0.05) is 0 Å². The maximum absolute atomic E-state index is 13.5. The summed E-state index contributed by atoms with van der Waals surface area (Å²) in [7, 11) is 0. The number of likely N-dealkylation sites (tertiary alicyclic amines) is 1. The number of aliphatic hydroxyl groups excluding tert-OH is 1. The molecule has 0 radical (unpaired) electrons. The second-order valence-corrected chi connectivity index (χ2v) is 8.96. The van der Waals surface area contributed by atoms with Gasteiger partial charge >= 0.3 is 0 Å². The van der Waals surface area contributed by atoms with E-state index in [2.05, 4.69) is 0 Å². The molecule has 1 aromatic carbocycles. The van der Waals surface area contributed by atoms with Crippen molar-refractivity contribution in [3.63, 3.8) is 0 Å². The van der Waals surface area contributed by atoms with Crippen LogP contribution in [0.5, 0.6) is 0 Å². The Bertz CT molecular complexity index is 1140. The number of rotatable bonds is 3. The summed E-state index contributed by atoms with van der Waals surface area (Å²) in [5.41, 5.74) is 1.36. The van der Waals surface area contributed by atoms with Crippen LogP contribution in [0.15, 0.2) is 35.3 Å². The highest BCUT2D eigenvalue weighted by Gasteiger charge is 2.60. The number of amides is 2. The van der Waals surface area contributed by atoms with Gasteiger partial charge in [-0.3, -0.25) is 19.0 Å². The first kappa shape index (κ1) is 19.9. The van der Waals surface area contributed by atoms with Gasteiger partial charge in [0.05, 0.1) is 6.61 Å². The lowest BCUT2D eigenvalue weighted by atomic mass is 9.95. The smallest absolute Gasteiger partial charge is 0.268 e. The number of hydrogen-bond acceptors (Lipinski definition) is 4. The van der Waals surface area contributed by atoms with Crippen LogP contribution < -0.4 is 5.56 Å². The van der Waals surface area contributed by atoms with Crippen LogP contribution in [-0.4, -0.2) is 57.5 Å². The molecule has 1 aliphatic carbocycles. The molecule has 0 spiro atoms. The molecule has 1 saturated carbocycles. The van der Waals surface area contributed by atoms with Crippen LogP contribution in [0.2, 0.25) is 0 Å². The average molecular weight is 425 g/mol. The fourth-order valence-electron chi connectivity index (χ4n) is 5.09. The molecule has 1 aromatic heterocycles. The van der Waals surface area contributed by atoms with Crippen molar-refractivity contribution < 1.29 is 19.1 Å². The van der Waals surface area contributed by atoms with Crippen LogP contribution in [0.3, 0.4) is 0 Å². The van der Waals surface area contributed by atoms with Crippen LogP contribution in [0.1, 0.15) is 34.8 Å². The van der Waals surface area contributed by atoms with E-state index in [9.17, 15) is 23.9 Å². The molecule has 0 bridgehead atoms.